The van der Waals surface area contributed by atoms with E-state index in [1.807, 2.05) is 5.38 Å². The number of hydrogen-bond acceptors (Lipinski definition) is 2. The van der Waals surface area contributed by atoms with Crippen LogP contribution in [-0.4, -0.2) is 0 Å². The Balaban J connectivity index is 2.52. The predicted molar refractivity (Wildman–Crippen MR) is 64.4 cm³/mol. The second-order valence-electron chi connectivity index (χ2n) is 3.25. The first-order chi connectivity index (χ1) is 7.61. The summed E-state index contributed by atoms with van der Waals surface area (Å²) in [4.78, 5) is 0.732. The summed E-state index contributed by atoms with van der Waals surface area (Å²) in [7, 11) is 0. The Morgan fingerprint density at radius 2 is 2.00 bits per heavy atom. The molecule has 0 saturated heterocycles. The summed E-state index contributed by atoms with van der Waals surface area (Å²) in [6.07, 6.45) is 0. The van der Waals surface area contributed by atoms with Crippen molar-refractivity contribution in [2.24, 2.45) is 5.73 Å². The van der Waals surface area contributed by atoms with E-state index < -0.39 is 17.7 Å². The molecule has 0 radical (unpaired) electrons. The lowest BCUT2D eigenvalue weighted by molar-refractivity contribution is 0.541. The minimum atomic E-state index is -0.766. The maximum atomic E-state index is 13.7. The van der Waals surface area contributed by atoms with Gasteiger partial charge in [-0.25, -0.2) is 8.78 Å². The van der Waals surface area contributed by atoms with E-state index >= 15 is 0 Å². The molecule has 1 atom stereocenters. The predicted octanol–water partition coefficient (Wildman–Crippen LogP) is 3.84. The number of thiophene rings is 1. The van der Waals surface area contributed by atoms with E-state index in [0.29, 0.717) is 0 Å². The molecule has 0 fully saturated rings. The van der Waals surface area contributed by atoms with E-state index in [2.05, 4.69) is 15.9 Å². The lowest BCUT2D eigenvalue weighted by atomic mass is 10.1. The fourth-order valence-corrected chi connectivity index (χ4v) is 2.52. The largest absolute Gasteiger partial charge is 0.319 e. The van der Waals surface area contributed by atoms with Gasteiger partial charge in [0.25, 0.3) is 0 Å². The number of rotatable bonds is 2. The molecule has 0 aliphatic rings. The van der Waals surface area contributed by atoms with Gasteiger partial charge >= 0.3 is 0 Å². The molecule has 1 aromatic heterocycles. The summed E-state index contributed by atoms with van der Waals surface area (Å²) >= 11 is 4.39. The Morgan fingerprint density at radius 1 is 1.25 bits per heavy atom. The van der Waals surface area contributed by atoms with Crippen LogP contribution in [0, 0.1) is 11.6 Å². The standard InChI is InChI=1S/C11H8BrF2NS/c12-6-3-4-7(13)9(10(6)14)11(15)8-2-1-5-16-8/h1-5,11H,15H2/t11-/m0/s1. The summed E-state index contributed by atoms with van der Waals surface area (Å²) in [5, 5.41) is 1.82. The van der Waals surface area contributed by atoms with Crippen LogP contribution < -0.4 is 5.73 Å². The van der Waals surface area contributed by atoms with E-state index in [1.54, 1.807) is 12.1 Å². The number of halogens is 3. The first-order valence-electron chi connectivity index (χ1n) is 4.53. The fraction of sp³-hybridized carbons (Fsp3) is 0.0909. The molecule has 1 nitrogen and oxygen atoms in total. The smallest absolute Gasteiger partial charge is 0.145 e. The average Bonchev–Trinajstić information content (AvgIpc) is 2.77. The molecule has 0 saturated carbocycles. The van der Waals surface area contributed by atoms with Crippen molar-refractivity contribution in [3.63, 3.8) is 0 Å². The van der Waals surface area contributed by atoms with Gasteiger partial charge in [-0.1, -0.05) is 6.07 Å². The molecule has 0 aliphatic carbocycles. The molecule has 0 aliphatic heterocycles. The average molecular weight is 304 g/mol. The van der Waals surface area contributed by atoms with Crippen molar-refractivity contribution in [3.8, 4) is 0 Å². The molecule has 1 aromatic carbocycles. The first kappa shape index (κ1) is 11.7. The van der Waals surface area contributed by atoms with Crippen LogP contribution in [0.15, 0.2) is 34.1 Å². The Kier molecular flexibility index (Phi) is 3.37. The van der Waals surface area contributed by atoms with Crippen LogP contribution in [0.2, 0.25) is 0 Å². The quantitative estimate of drug-likeness (QED) is 0.838. The zero-order valence-electron chi connectivity index (χ0n) is 8.08. The number of nitrogens with two attached hydrogens (primary N) is 1. The van der Waals surface area contributed by atoms with Gasteiger partial charge in [0, 0.05) is 10.4 Å². The van der Waals surface area contributed by atoms with Gasteiger partial charge in [-0.3, -0.25) is 0 Å². The Morgan fingerprint density at radius 3 is 2.62 bits per heavy atom. The zero-order valence-corrected chi connectivity index (χ0v) is 10.5. The molecule has 1 heterocycles. The number of hydrogen-bond donors (Lipinski definition) is 1. The highest BCUT2D eigenvalue weighted by atomic mass is 79.9. The van der Waals surface area contributed by atoms with Gasteiger partial charge in [0.2, 0.25) is 0 Å². The van der Waals surface area contributed by atoms with Gasteiger partial charge in [0.15, 0.2) is 0 Å². The van der Waals surface area contributed by atoms with Crippen LogP contribution in [-0.2, 0) is 0 Å². The minimum Gasteiger partial charge on any atom is -0.319 e. The van der Waals surface area contributed by atoms with Gasteiger partial charge in [-0.15, -0.1) is 11.3 Å². The SMILES string of the molecule is N[C@@H](c1cccs1)c1c(F)ccc(Br)c1F. The molecule has 5 heteroatoms. The summed E-state index contributed by atoms with van der Waals surface area (Å²) in [6.45, 7) is 0. The summed E-state index contributed by atoms with van der Waals surface area (Å²) in [5.41, 5.74) is 5.74. The highest BCUT2D eigenvalue weighted by Gasteiger charge is 2.20. The second-order valence-corrected chi connectivity index (χ2v) is 5.08. The molecule has 2 rings (SSSR count). The number of benzene rings is 1. The third-order valence-electron chi connectivity index (χ3n) is 2.24. The maximum absolute atomic E-state index is 13.7. The van der Waals surface area contributed by atoms with Crippen molar-refractivity contribution < 1.29 is 8.78 Å². The van der Waals surface area contributed by atoms with Gasteiger partial charge in [0.1, 0.15) is 11.6 Å². The van der Waals surface area contributed by atoms with Crippen LogP contribution in [0.4, 0.5) is 8.78 Å². The van der Waals surface area contributed by atoms with E-state index in [-0.39, 0.29) is 10.0 Å². The Hall–Kier alpha value is -0.780. The molecule has 0 bridgehead atoms. The van der Waals surface area contributed by atoms with Crippen molar-refractivity contribution in [3.05, 3.63) is 56.2 Å². The van der Waals surface area contributed by atoms with E-state index in [9.17, 15) is 8.78 Å². The molecule has 2 aromatic rings. The molecular weight excluding hydrogens is 296 g/mol. The molecule has 0 amide bonds. The molecule has 2 N–H and O–H groups in total. The molecule has 16 heavy (non-hydrogen) atoms. The Bertz CT molecular complexity index is 499. The first-order valence-corrected chi connectivity index (χ1v) is 6.21. The lowest BCUT2D eigenvalue weighted by Gasteiger charge is -2.13. The van der Waals surface area contributed by atoms with E-state index in [1.165, 1.54) is 23.5 Å². The molecule has 84 valence electrons. The minimum absolute atomic E-state index is 0.100. The summed E-state index contributed by atoms with van der Waals surface area (Å²) in [6, 6.07) is 5.33. The third kappa shape index (κ3) is 2.03. The summed E-state index contributed by atoms with van der Waals surface area (Å²) < 4.78 is 27.5. The van der Waals surface area contributed by atoms with Crippen LogP contribution in [0.3, 0.4) is 0 Å². The van der Waals surface area contributed by atoms with Gasteiger partial charge in [-0.2, -0.15) is 0 Å². The van der Waals surface area contributed by atoms with E-state index in [0.717, 1.165) is 4.88 Å². The van der Waals surface area contributed by atoms with Crippen molar-refractivity contribution >= 4 is 27.3 Å². The van der Waals surface area contributed by atoms with Crippen molar-refractivity contribution in [1.82, 2.24) is 0 Å². The van der Waals surface area contributed by atoms with Crippen LogP contribution >= 0.6 is 27.3 Å². The molecule has 0 spiro atoms. The fourth-order valence-electron chi connectivity index (χ4n) is 1.44. The summed E-state index contributed by atoms with van der Waals surface area (Å²) in [5.74, 6) is -1.26. The monoisotopic (exact) mass is 303 g/mol. The van der Waals surface area contributed by atoms with Crippen molar-refractivity contribution in [1.29, 1.82) is 0 Å². The van der Waals surface area contributed by atoms with Crippen LogP contribution in [0.1, 0.15) is 16.5 Å². The lowest BCUT2D eigenvalue weighted by Crippen LogP contribution is -2.14. The van der Waals surface area contributed by atoms with Crippen molar-refractivity contribution in [2.45, 2.75) is 6.04 Å². The van der Waals surface area contributed by atoms with Crippen molar-refractivity contribution in [2.75, 3.05) is 0 Å². The third-order valence-corrected chi connectivity index (χ3v) is 3.81. The zero-order chi connectivity index (χ0) is 11.7. The van der Waals surface area contributed by atoms with Gasteiger partial charge in [-0.05, 0) is 39.5 Å². The van der Waals surface area contributed by atoms with Gasteiger partial charge in [0.05, 0.1) is 10.5 Å². The highest BCUT2D eigenvalue weighted by Crippen LogP contribution is 2.30. The maximum Gasteiger partial charge on any atom is 0.145 e. The molecule has 0 unspecified atom stereocenters. The highest BCUT2D eigenvalue weighted by molar-refractivity contribution is 9.10. The van der Waals surface area contributed by atoms with Crippen LogP contribution in [0.25, 0.3) is 0 Å². The molecular formula is C11H8BrF2NS. The topological polar surface area (TPSA) is 26.0 Å². The Labute approximate surface area is 104 Å². The van der Waals surface area contributed by atoms with Gasteiger partial charge < -0.3 is 5.73 Å². The normalized spacial score (nSPS) is 12.8. The van der Waals surface area contributed by atoms with Crippen LogP contribution in [0.5, 0.6) is 0 Å². The van der Waals surface area contributed by atoms with E-state index in [4.69, 9.17) is 5.73 Å². The second kappa shape index (κ2) is 4.61.